The zero-order valence-corrected chi connectivity index (χ0v) is 14.0. The number of hydrogen-bond donors (Lipinski definition) is 0. The first-order valence-corrected chi connectivity index (χ1v) is 9.90. The molecule has 0 aliphatic carbocycles. The fraction of sp³-hybridized carbons (Fsp3) is 0.562. The topological polar surface area (TPSA) is 26.3 Å². The van der Waals surface area contributed by atoms with Gasteiger partial charge in [0.1, 0.15) is 0 Å². The first-order valence-electron chi connectivity index (χ1n) is 6.78. The van der Waals surface area contributed by atoms with Crippen LogP contribution in [0.1, 0.15) is 27.2 Å². The zero-order valence-electron chi connectivity index (χ0n) is 13.0. The minimum absolute atomic E-state index is 0.289. The van der Waals surface area contributed by atoms with Crippen molar-refractivity contribution in [1.82, 2.24) is 0 Å². The normalized spacial score (nSPS) is 10.9. The summed E-state index contributed by atoms with van der Waals surface area (Å²) in [4.78, 5) is 11.3. The van der Waals surface area contributed by atoms with Crippen LogP contribution in [-0.2, 0) is 9.53 Å². The fourth-order valence-electron chi connectivity index (χ4n) is 2.48. The molecule has 2 nitrogen and oxygen atoms in total. The van der Waals surface area contributed by atoms with Gasteiger partial charge in [-0.1, -0.05) is 30.3 Å². The van der Waals surface area contributed by atoms with Crippen LogP contribution in [-0.4, -0.2) is 20.7 Å². The Hall–Kier alpha value is -1.09. The minimum atomic E-state index is -1.39. The van der Waals surface area contributed by atoms with Crippen LogP contribution in [0.3, 0.4) is 0 Å². The van der Waals surface area contributed by atoms with Crippen LogP contribution in [0.25, 0.3) is 0 Å². The van der Waals surface area contributed by atoms with E-state index < -0.39 is 8.07 Å². The van der Waals surface area contributed by atoms with Crippen molar-refractivity contribution in [3.05, 3.63) is 36.5 Å². The lowest BCUT2D eigenvalue weighted by molar-refractivity contribution is -0.138. The quantitative estimate of drug-likeness (QED) is 0.201. The molecule has 0 aromatic carbocycles. The van der Waals surface area contributed by atoms with Gasteiger partial charge in [0.2, 0.25) is 0 Å². The van der Waals surface area contributed by atoms with Crippen molar-refractivity contribution in [3.63, 3.8) is 0 Å². The van der Waals surface area contributed by atoms with Gasteiger partial charge in [-0.3, -0.25) is 0 Å². The first-order chi connectivity index (χ1) is 8.66. The highest BCUT2D eigenvalue weighted by Gasteiger charge is 2.26. The van der Waals surface area contributed by atoms with Gasteiger partial charge in [-0.05, 0) is 39.3 Å². The minimum Gasteiger partial charge on any atom is -0.462 e. The van der Waals surface area contributed by atoms with E-state index in [0.717, 1.165) is 24.6 Å². The van der Waals surface area contributed by atoms with E-state index in [0.29, 0.717) is 12.2 Å². The van der Waals surface area contributed by atoms with Crippen molar-refractivity contribution in [2.45, 2.75) is 51.9 Å². The zero-order chi connectivity index (χ0) is 15.1. The molecule has 3 heteroatoms. The average Bonchev–Trinajstić information content (AvgIpc) is 2.21. The molecule has 0 heterocycles. The largest absolute Gasteiger partial charge is 0.462 e. The van der Waals surface area contributed by atoms with Gasteiger partial charge in [0.05, 0.1) is 14.7 Å². The summed E-state index contributed by atoms with van der Waals surface area (Å²) in [6, 6.07) is 3.37. The Labute approximate surface area is 119 Å². The maximum atomic E-state index is 11.3. The predicted octanol–water partition coefficient (Wildman–Crippen LogP) is 4.73. The summed E-state index contributed by atoms with van der Waals surface area (Å²) in [6.07, 6.45) is 0.919. The third-order valence-corrected chi connectivity index (χ3v) is 7.44. The molecule has 0 bridgehead atoms. The molecule has 0 atom stereocenters. The van der Waals surface area contributed by atoms with Gasteiger partial charge in [0.15, 0.2) is 0 Å². The Bertz CT molecular complexity index is 353. The molecular formula is C16H28O2Si. The molecule has 0 unspecified atom stereocenters. The van der Waals surface area contributed by atoms with Gasteiger partial charge in [0, 0.05) is 5.57 Å². The van der Waals surface area contributed by atoms with Crippen LogP contribution in [0.2, 0.25) is 24.7 Å². The highest BCUT2D eigenvalue weighted by atomic mass is 28.3. The van der Waals surface area contributed by atoms with Crippen molar-refractivity contribution in [2.24, 2.45) is 0 Å². The van der Waals surface area contributed by atoms with Crippen LogP contribution in [0.5, 0.6) is 0 Å². The number of esters is 1. The molecule has 0 saturated carbocycles. The fourth-order valence-corrected chi connectivity index (χ4v) is 6.87. The molecule has 0 spiro atoms. The van der Waals surface area contributed by atoms with E-state index in [-0.39, 0.29) is 5.97 Å². The van der Waals surface area contributed by atoms with Gasteiger partial charge in [0.25, 0.3) is 0 Å². The first kappa shape index (κ1) is 17.9. The van der Waals surface area contributed by atoms with Crippen molar-refractivity contribution < 1.29 is 9.53 Å². The number of rotatable bonds is 9. The molecule has 0 radical (unpaired) electrons. The maximum absolute atomic E-state index is 11.3. The van der Waals surface area contributed by atoms with Crippen LogP contribution in [0, 0.1) is 0 Å². The van der Waals surface area contributed by atoms with Crippen LogP contribution in [0.15, 0.2) is 36.5 Å². The molecule has 19 heavy (non-hydrogen) atoms. The van der Waals surface area contributed by atoms with Crippen LogP contribution >= 0.6 is 0 Å². The van der Waals surface area contributed by atoms with Gasteiger partial charge in [-0.15, -0.1) is 13.2 Å². The van der Waals surface area contributed by atoms with Crippen LogP contribution in [0.4, 0.5) is 0 Å². The summed E-state index contributed by atoms with van der Waals surface area (Å²) in [6.45, 7) is 20.4. The SMILES string of the molecule is C=C(C)C[Si](C)(CCCOC(=O)C(=C)C)CC(=C)C. The van der Waals surface area contributed by atoms with E-state index in [1.807, 2.05) is 0 Å². The molecule has 108 valence electrons. The second-order valence-corrected chi connectivity index (χ2v) is 10.9. The molecule has 0 fully saturated rings. The summed E-state index contributed by atoms with van der Waals surface area (Å²) in [7, 11) is -1.39. The highest BCUT2D eigenvalue weighted by Crippen LogP contribution is 2.28. The lowest BCUT2D eigenvalue weighted by Gasteiger charge is -2.28. The highest BCUT2D eigenvalue weighted by molar-refractivity contribution is 6.79. The Morgan fingerprint density at radius 3 is 1.89 bits per heavy atom. The lowest BCUT2D eigenvalue weighted by Crippen LogP contribution is -2.30. The summed E-state index contributed by atoms with van der Waals surface area (Å²) < 4.78 is 5.15. The van der Waals surface area contributed by atoms with E-state index in [1.165, 1.54) is 11.1 Å². The molecule has 0 amide bonds. The molecule has 0 saturated heterocycles. The molecular weight excluding hydrogens is 252 g/mol. The molecule has 0 rings (SSSR count). The molecule has 0 N–H and O–H groups in total. The number of carbonyl (C=O) groups excluding carboxylic acids is 1. The van der Waals surface area contributed by atoms with Crippen molar-refractivity contribution in [3.8, 4) is 0 Å². The maximum Gasteiger partial charge on any atom is 0.333 e. The molecule has 0 aliphatic heterocycles. The second-order valence-electron chi connectivity index (χ2n) is 6.10. The van der Waals surface area contributed by atoms with E-state index in [9.17, 15) is 4.79 Å². The van der Waals surface area contributed by atoms with Crippen molar-refractivity contribution >= 4 is 14.0 Å². The van der Waals surface area contributed by atoms with Crippen LogP contribution < -0.4 is 0 Å². The van der Waals surface area contributed by atoms with Crippen molar-refractivity contribution in [1.29, 1.82) is 0 Å². The summed E-state index contributed by atoms with van der Waals surface area (Å²) >= 11 is 0. The third kappa shape index (κ3) is 8.60. The summed E-state index contributed by atoms with van der Waals surface area (Å²) in [5.41, 5.74) is 2.95. The molecule has 0 aliphatic rings. The second kappa shape index (κ2) is 8.15. The predicted molar refractivity (Wildman–Crippen MR) is 86.1 cm³/mol. The van der Waals surface area contributed by atoms with E-state index in [4.69, 9.17) is 4.74 Å². The monoisotopic (exact) mass is 280 g/mol. The lowest BCUT2D eigenvalue weighted by atomic mass is 10.4. The number of hydrogen-bond acceptors (Lipinski definition) is 2. The summed E-state index contributed by atoms with van der Waals surface area (Å²) in [5.74, 6) is -0.289. The standard InChI is InChI=1S/C16H28O2Si/c1-13(2)11-19(7,12-14(3)4)10-8-9-18-16(17)15(5)6/h1,3,5,8-12H2,2,4,6-7H3. The van der Waals surface area contributed by atoms with E-state index >= 15 is 0 Å². The molecule has 0 aromatic heterocycles. The van der Waals surface area contributed by atoms with Crippen molar-refractivity contribution in [2.75, 3.05) is 6.61 Å². The summed E-state index contributed by atoms with van der Waals surface area (Å²) in [5, 5.41) is 0. The smallest absolute Gasteiger partial charge is 0.333 e. The molecule has 0 aromatic rings. The van der Waals surface area contributed by atoms with Gasteiger partial charge < -0.3 is 4.74 Å². The van der Waals surface area contributed by atoms with Gasteiger partial charge >= 0.3 is 5.97 Å². The van der Waals surface area contributed by atoms with E-state index in [1.54, 1.807) is 6.92 Å². The Kier molecular flexibility index (Phi) is 7.68. The Morgan fingerprint density at radius 1 is 1.05 bits per heavy atom. The Morgan fingerprint density at radius 2 is 1.53 bits per heavy atom. The number of carbonyl (C=O) groups is 1. The Balaban J connectivity index is 4.27. The number of allylic oxidation sites excluding steroid dienone is 2. The van der Waals surface area contributed by atoms with Gasteiger partial charge in [-0.25, -0.2) is 4.79 Å². The number of ether oxygens (including phenoxy) is 1. The van der Waals surface area contributed by atoms with E-state index in [2.05, 4.69) is 40.1 Å². The third-order valence-electron chi connectivity index (χ3n) is 2.96. The average molecular weight is 280 g/mol. The van der Waals surface area contributed by atoms with Gasteiger partial charge in [-0.2, -0.15) is 0 Å².